The number of benzene rings is 2. The Morgan fingerprint density at radius 1 is 1.08 bits per heavy atom. The van der Waals surface area contributed by atoms with Crippen molar-refractivity contribution < 1.29 is 9.90 Å². The van der Waals surface area contributed by atoms with E-state index in [1.54, 1.807) is 11.9 Å². The summed E-state index contributed by atoms with van der Waals surface area (Å²) in [4.78, 5) is 16.0. The first-order chi connectivity index (χ1) is 11.5. The lowest BCUT2D eigenvalue weighted by molar-refractivity contribution is -0.128. The third-order valence-corrected chi connectivity index (χ3v) is 4.95. The van der Waals surface area contributed by atoms with Gasteiger partial charge in [-0.3, -0.25) is 4.79 Å². The predicted octanol–water partition coefficient (Wildman–Crippen LogP) is 2.80. The molecule has 0 saturated carbocycles. The van der Waals surface area contributed by atoms with E-state index in [1.807, 2.05) is 73.6 Å². The second-order valence-corrected chi connectivity index (χ2v) is 6.65. The molecule has 3 rings (SSSR count). The van der Waals surface area contributed by atoms with Crippen molar-refractivity contribution in [3.8, 4) is 0 Å². The molecule has 2 aromatic rings. The van der Waals surface area contributed by atoms with Crippen LogP contribution < -0.4 is 4.90 Å². The Morgan fingerprint density at radius 3 is 2.29 bits per heavy atom. The minimum atomic E-state index is -0.706. The largest absolute Gasteiger partial charge is 0.386 e. The van der Waals surface area contributed by atoms with E-state index >= 15 is 0 Å². The highest BCUT2D eigenvalue weighted by molar-refractivity contribution is 5.80. The number of likely N-dealkylation sites (tertiary alicyclic amines) is 1. The van der Waals surface area contributed by atoms with Gasteiger partial charge < -0.3 is 14.9 Å². The smallest absolute Gasteiger partial charge is 0.223 e. The molecule has 0 radical (unpaired) electrons. The van der Waals surface area contributed by atoms with Crippen molar-refractivity contribution in [1.29, 1.82) is 0 Å². The van der Waals surface area contributed by atoms with Gasteiger partial charge in [0.2, 0.25) is 5.91 Å². The second kappa shape index (κ2) is 6.65. The van der Waals surface area contributed by atoms with Crippen LogP contribution in [-0.2, 0) is 4.79 Å². The fourth-order valence-electron chi connectivity index (χ4n) is 3.50. The average molecular weight is 324 g/mol. The maximum atomic E-state index is 12.3. The number of hydrogen-bond acceptors (Lipinski definition) is 3. The first kappa shape index (κ1) is 16.5. The number of nitrogens with zero attached hydrogens (tertiary/aromatic N) is 2. The number of hydrogen-bond donors (Lipinski definition) is 1. The summed E-state index contributed by atoms with van der Waals surface area (Å²) in [6, 6.07) is 17.6. The minimum Gasteiger partial charge on any atom is -0.386 e. The van der Waals surface area contributed by atoms with Crippen LogP contribution in [-0.4, -0.2) is 43.1 Å². The number of carbonyl (C=O) groups is 1. The fourth-order valence-corrected chi connectivity index (χ4v) is 3.50. The average Bonchev–Trinajstić information content (AvgIpc) is 2.90. The summed E-state index contributed by atoms with van der Waals surface area (Å²) in [6.07, 6.45) is -0.263. The van der Waals surface area contributed by atoms with E-state index in [9.17, 15) is 9.90 Å². The first-order valence-corrected chi connectivity index (χ1v) is 8.25. The first-order valence-electron chi connectivity index (χ1n) is 8.25. The number of aliphatic hydroxyl groups is 1. The molecule has 1 fully saturated rings. The molecule has 0 spiro atoms. The predicted molar refractivity (Wildman–Crippen MR) is 96.1 cm³/mol. The Morgan fingerprint density at radius 2 is 1.71 bits per heavy atom. The molecular weight excluding hydrogens is 300 g/mol. The van der Waals surface area contributed by atoms with Crippen LogP contribution in [0.5, 0.6) is 0 Å². The molecule has 1 aliphatic heterocycles. The van der Waals surface area contributed by atoms with E-state index in [2.05, 4.69) is 0 Å². The second-order valence-electron chi connectivity index (χ2n) is 6.65. The SMILES string of the molecule is CN(C)c1ccc([C@H](O)[C@H]2[C@@H](c3ccccc3)CC(=O)N2C)cc1. The molecule has 1 saturated heterocycles. The Labute approximate surface area is 143 Å². The third kappa shape index (κ3) is 3.02. The van der Waals surface area contributed by atoms with E-state index in [1.165, 1.54) is 0 Å². The summed E-state index contributed by atoms with van der Waals surface area (Å²) in [6.45, 7) is 0. The molecule has 3 atom stereocenters. The monoisotopic (exact) mass is 324 g/mol. The molecule has 1 heterocycles. The molecule has 4 nitrogen and oxygen atoms in total. The molecule has 1 amide bonds. The number of anilines is 1. The van der Waals surface area contributed by atoms with Crippen molar-refractivity contribution in [2.75, 3.05) is 26.0 Å². The van der Waals surface area contributed by atoms with Gasteiger partial charge in [-0.25, -0.2) is 0 Å². The van der Waals surface area contributed by atoms with Gasteiger partial charge in [0.25, 0.3) is 0 Å². The number of rotatable bonds is 4. The molecule has 0 aliphatic carbocycles. The Hall–Kier alpha value is -2.33. The number of aliphatic hydroxyl groups excluding tert-OH is 1. The van der Waals surface area contributed by atoms with Crippen LogP contribution in [0.1, 0.15) is 29.6 Å². The van der Waals surface area contributed by atoms with Gasteiger partial charge in [-0.2, -0.15) is 0 Å². The molecular formula is C20H24N2O2. The number of likely N-dealkylation sites (N-methyl/N-ethyl adjacent to an activating group) is 1. The van der Waals surface area contributed by atoms with Crippen molar-refractivity contribution in [3.63, 3.8) is 0 Å². The van der Waals surface area contributed by atoms with Gasteiger partial charge in [0.15, 0.2) is 0 Å². The summed E-state index contributed by atoms with van der Waals surface area (Å²) in [5.74, 6) is 0.0880. The summed E-state index contributed by atoms with van der Waals surface area (Å²) < 4.78 is 0. The van der Waals surface area contributed by atoms with Gasteiger partial charge in [-0.15, -0.1) is 0 Å². The Bertz CT molecular complexity index is 697. The van der Waals surface area contributed by atoms with Crippen LogP contribution >= 0.6 is 0 Å². The van der Waals surface area contributed by atoms with E-state index < -0.39 is 6.10 Å². The van der Waals surface area contributed by atoms with Crippen molar-refractivity contribution in [3.05, 3.63) is 65.7 Å². The molecule has 0 unspecified atom stereocenters. The summed E-state index contributed by atoms with van der Waals surface area (Å²) >= 11 is 0. The van der Waals surface area contributed by atoms with Gasteiger partial charge in [-0.1, -0.05) is 42.5 Å². The maximum absolute atomic E-state index is 12.3. The van der Waals surface area contributed by atoms with Crippen molar-refractivity contribution >= 4 is 11.6 Å². The molecule has 126 valence electrons. The molecule has 4 heteroatoms. The van der Waals surface area contributed by atoms with Crippen LogP contribution in [0.3, 0.4) is 0 Å². The molecule has 0 aromatic heterocycles. The lowest BCUT2D eigenvalue weighted by Crippen LogP contribution is -2.36. The molecule has 0 bridgehead atoms. The highest BCUT2D eigenvalue weighted by Gasteiger charge is 2.42. The van der Waals surface area contributed by atoms with Gasteiger partial charge >= 0.3 is 0 Å². The quantitative estimate of drug-likeness (QED) is 0.940. The zero-order chi connectivity index (χ0) is 17.3. The lowest BCUT2D eigenvalue weighted by atomic mass is 9.86. The van der Waals surface area contributed by atoms with Gasteiger partial charge in [0, 0.05) is 39.2 Å². The fraction of sp³-hybridized carbons (Fsp3) is 0.350. The molecule has 1 aliphatic rings. The van der Waals surface area contributed by atoms with E-state index in [-0.39, 0.29) is 17.9 Å². The van der Waals surface area contributed by atoms with Gasteiger partial charge in [0.1, 0.15) is 0 Å². The van der Waals surface area contributed by atoms with Crippen LogP contribution in [0, 0.1) is 0 Å². The topological polar surface area (TPSA) is 43.8 Å². The van der Waals surface area contributed by atoms with Crippen LogP contribution in [0.25, 0.3) is 0 Å². The Balaban J connectivity index is 1.90. The number of carbonyl (C=O) groups excluding carboxylic acids is 1. The van der Waals surface area contributed by atoms with Crippen molar-refractivity contribution in [2.45, 2.75) is 24.5 Å². The summed E-state index contributed by atoms with van der Waals surface area (Å²) in [5, 5.41) is 11.0. The van der Waals surface area contributed by atoms with E-state index in [0.29, 0.717) is 6.42 Å². The zero-order valence-corrected chi connectivity index (χ0v) is 14.4. The van der Waals surface area contributed by atoms with Crippen LogP contribution in [0.2, 0.25) is 0 Å². The minimum absolute atomic E-state index is 0.00669. The zero-order valence-electron chi connectivity index (χ0n) is 14.4. The molecule has 1 N–H and O–H groups in total. The van der Waals surface area contributed by atoms with E-state index in [0.717, 1.165) is 16.8 Å². The van der Waals surface area contributed by atoms with Crippen LogP contribution in [0.15, 0.2) is 54.6 Å². The maximum Gasteiger partial charge on any atom is 0.223 e. The summed E-state index contributed by atoms with van der Waals surface area (Å²) in [5.41, 5.74) is 3.03. The number of amides is 1. The molecule has 2 aromatic carbocycles. The Kier molecular flexibility index (Phi) is 4.58. The van der Waals surface area contributed by atoms with Crippen molar-refractivity contribution in [2.24, 2.45) is 0 Å². The summed E-state index contributed by atoms with van der Waals surface area (Å²) in [7, 11) is 5.76. The van der Waals surface area contributed by atoms with Crippen LogP contribution in [0.4, 0.5) is 5.69 Å². The third-order valence-electron chi connectivity index (χ3n) is 4.95. The standard InChI is InChI=1S/C20H24N2O2/c1-21(2)16-11-9-15(10-12-16)20(24)19-17(13-18(23)22(19)3)14-7-5-4-6-8-14/h4-12,17,19-20,24H,13H2,1-3H3/t17-,19-,20+/m1/s1. The van der Waals surface area contributed by atoms with Gasteiger partial charge in [0.05, 0.1) is 12.1 Å². The van der Waals surface area contributed by atoms with Gasteiger partial charge in [-0.05, 0) is 23.3 Å². The molecule has 24 heavy (non-hydrogen) atoms. The van der Waals surface area contributed by atoms with E-state index in [4.69, 9.17) is 0 Å². The van der Waals surface area contributed by atoms with Crippen molar-refractivity contribution in [1.82, 2.24) is 4.90 Å². The highest BCUT2D eigenvalue weighted by atomic mass is 16.3. The lowest BCUT2D eigenvalue weighted by Gasteiger charge is -2.30. The normalized spacial score (nSPS) is 21.8. The highest BCUT2D eigenvalue weighted by Crippen LogP contribution is 2.40.